The van der Waals surface area contributed by atoms with Gasteiger partial charge in [0.15, 0.2) is 0 Å². The van der Waals surface area contributed by atoms with Gasteiger partial charge in [-0.3, -0.25) is 0 Å². The van der Waals surface area contributed by atoms with Crippen LogP contribution in [0.1, 0.15) is 0 Å². The van der Waals surface area contributed by atoms with Crippen molar-refractivity contribution < 1.29 is 0 Å². The molecule has 0 fully saturated rings. The van der Waals surface area contributed by atoms with Gasteiger partial charge in [0.1, 0.15) is 0 Å². The Morgan fingerprint density at radius 3 is 1.47 bits per heavy atom. The number of hydrogen-bond donors (Lipinski definition) is 0. The molecule has 0 aromatic heterocycles. The van der Waals surface area contributed by atoms with E-state index in [9.17, 15) is 0 Å². The van der Waals surface area contributed by atoms with Crippen LogP contribution in [0.4, 0.5) is 11.4 Å². The number of para-hydroxylation sites is 2. The molecule has 0 spiro atoms. The van der Waals surface area contributed by atoms with Crippen molar-refractivity contribution in [2.45, 2.75) is 0 Å². The van der Waals surface area contributed by atoms with E-state index in [4.69, 9.17) is 12.2 Å². The molecule has 0 amide bonds. The van der Waals surface area contributed by atoms with E-state index in [1.54, 1.807) is 5.49 Å². The SMILES string of the molecule is S=CN(c1ccccc1)c1ccccc1. The summed E-state index contributed by atoms with van der Waals surface area (Å²) < 4.78 is 0. The maximum atomic E-state index is 5.04. The minimum absolute atomic E-state index is 1.08. The van der Waals surface area contributed by atoms with Crippen LogP contribution in [0.5, 0.6) is 0 Å². The molecule has 0 atom stereocenters. The Morgan fingerprint density at radius 2 is 1.13 bits per heavy atom. The summed E-state index contributed by atoms with van der Waals surface area (Å²) >= 11 is 5.04. The standard InChI is InChI=1S/C13H11NS/c15-11-14(12-7-3-1-4-8-12)13-9-5-2-6-10-13/h1-11H. The predicted molar refractivity (Wildman–Crippen MR) is 68.7 cm³/mol. The molecule has 1 nitrogen and oxygen atoms in total. The first kappa shape index (κ1) is 9.87. The Balaban J connectivity index is 2.38. The summed E-state index contributed by atoms with van der Waals surface area (Å²) in [5.41, 5.74) is 3.82. The molecular weight excluding hydrogens is 202 g/mol. The van der Waals surface area contributed by atoms with E-state index in [1.807, 2.05) is 65.6 Å². The van der Waals surface area contributed by atoms with Crippen molar-refractivity contribution >= 4 is 29.1 Å². The van der Waals surface area contributed by atoms with Gasteiger partial charge in [0, 0.05) is 11.4 Å². The van der Waals surface area contributed by atoms with Crippen molar-refractivity contribution in [3.8, 4) is 0 Å². The summed E-state index contributed by atoms with van der Waals surface area (Å²) in [6, 6.07) is 20.2. The molecule has 0 heterocycles. The van der Waals surface area contributed by atoms with Gasteiger partial charge < -0.3 is 4.90 Å². The molecule has 0 aliphatic heterocycles. The first-order chi connectivity index (χ1) is 7.42. The van der Waals surface area contributed by atoms with Crippen LogP contribution in [0.15, 0.2) is 60.7 Å². The Kier molecular flexibility index (Phi) is 3.10. The first-order valence-corrected chi connectivity index (χ1v) is 5.23. The maximum absolute atomic E-state index is 5.04. The second kappa shape index (κ2) is 4.71. The summed E-state index contributed by atoms with van der Waals surface area (Å²) in [4.78, 5) is 1.98. The van der Waals surface area contributed by atoms with Crippen LogP contribution >= 0.6 is 12.2 Å². The molecule has 2 heteroatoms. The minimum Gasteiger partial charge on any atom is -0.307 e. The highest BCUT2D eigenvalue weighted by molar-refractivity contribution is 7.79. The topological polar surface area (TPSA) is 3.24 Å². The summed E-state index contributed by atoms with van der Waals surface area (Å²) in [6.07, 6.45) is 0. The highest BCUT2D eigenvalue weighted by atomic mass is 32.1. The average Bonchev–Trinajstić information content (AvgIpc) is 2.33. The fraction of sp³-hybridized carbons (Fsp3) is 0. The molecular formula is C13H11NS. The molecule has 0 aliphatic carbocycles. The van der Waals surface area contributed by atoms with Crippen LogP contribution in [0.3, 0.4) is 0 Å². The third kappa shape index (κ3) is 2.22. The molecule has 15 heavy (non-hydrogen) atoms. The first-order valence-electron chi connectivity index (χ1n) is 4.76. The van der Waals surface area contributed by atoms with E-state index in [1.165, 1.54) is 0 Å². The third-order valence-corrected chi connectivity index (χ3v) is 2.38. The number of hydrogen-bond acceptors (Lipinski definition) is 1. The van der Waals surface area contributed by atoms with Crippen LogP contribution < -0.4 is 4.90 Å². The van der Waals surface area contributed by atoms with Crippen molar-refractivity contribution in [2.24, 2.45) is 0 Å². The summed E-state index contributed by atoms with van der Waals surface area (Å²) in [5.74, 6) is 0. The van der Waals surface area contributed by atoms with Crippen molar-refractivity contribution in [3.63, 3.8) is 0 Å². The second-order valence-electron chi connectivity index (χ2n) is 3.15. The normalized spacial score (nSPS) is 9.60. The zero-order chi connectivity index (χ0) is 10.5. The van der Waals surface area contributed by atoms with E-state index in [-0.39, 0.29) is 0 Å². The van der Waals surface area contributed by atoms with E-state index in [0.717, 1.165) is 11.4 Å². The van der Waals surface area contributed by atoms with E-state index in [0.29, 0.717) is 0 Å². The lowest BCUT2D eigenvalue weighted by molar-refractivity contribution is 1.39. The Bertz CT molecular complexity index is 385. The van der Waals surface area contributed by atoms with E-state index >= 15 is 0 Å². The maximum Gasteiger partial charge on any atom is 0.0731 e. The van der Waals surface area contributed by atoms with Gasteiger partial charge >= 0.3 is 0 Å². The number of anilines is 2. The van der Waals surface area contributed by atoms with Gasteiger partial charge in [0.25, 0.3) is 0 Å². The molecule has 0 bridgehead atoms. The molecule has 0 N–H and O–H groups in total. The molecule has 0 radical (unpaired) electrons. The van der Waals surface area contributed by atoms with Gasteiger partial charge in [0.2, 0.25) is 0 Å². The monoisotopic (exact) mass is 213 g/mol. The minimum atomic E-state index is 1.08. The average molecular weight is 213 g/mol. The summed E-state index contributed by atoms with van der Waals surface area (Å²) in [6.45, 7) is 0. The summed E-state index contributed by atoms with van der Waals surface area (Å²) in [5, 5.41) is 0. The molecule has 74 valence electrons. The van der Waals surface area contributed by atoms with Crippen molar-refractivity contribution in [1.82, 2.24) is 0 Å². The van der Waals surface area contributed by atoms with Crippen molar-refractivity contribution in [2.75, 3.05) is 4.90 Å². The van der Waals surface area contributed by atoms with Gasteiger partial charge in [-0.1, -0.05) is 48.6 Å². The molecule has 2 rings (SSSR count). The van der Waals surface area contributed by atoms with E-state index in [2.05, 4.69) is 0 Å². The molecule has 0 unspecified atom stereocenters. The summed E-state index contributed by atoms with van der Waals surface area (Å²) in [7, 11) is 0. The Morgan fingerprint density at radius 1 is 0.733 bits per heavy atom. The lowest BCUT2D eigenvalue weighted by atomic mass is 10.2. The lowest BCUT2D eigenvalue weighted by Crippen LogP contribution is -2.12. The highest BCUT2D eigenvalue weighted by Crippen LogP contribution is 2.22. The number of thiocarbonyl (C=S) groups is 1. The van der Waals surface area contributed by atoms with Gasteiger partial charge in [-0.25, -0.2) is 0 Å². The molecule has 0 aliphatic rings. The fourth-order valence-electron chi connectivity index (χ4n) is 1.45. The molecule has 2 aromatic rings. The van der Waals surface area contributed by atoms with Crippen molar-refractivity contribution in [1.29, 1.82) is 0 Å². The van der Waals surface area contributed by atoms with Gasteiger partial charge in [-0.2, -0.15) is 0 Å². The van der Waals surface area contributed by atoms with Crippen LogP contribution in [0, 0.1) is 0 Å². The molecule has 2 aromatic carbocycles. The van der Waals surface area contributed by atoms with Crippen LogP contribution in [-0.2, 0) is 0 Å². The zero-order valence-electron chi connectivity index (χ0n) is 8.21. The van der Waals surface area contributed by atoms with Crippen LogP contribution in [0.25, 0.3) is 0 Å². The quantitative estimate of drug-likeness (QED) is 0.714. The number of nitrogens with zero attached hydrogens (tertiary/aromatic N) is 1. The van der Waals surface area contributed by atoms with Gasteiger partial charge in [0.05, 0.1) is 5.49 Å². The zero-order valence-corrected chi connectivity index (χ0v) is 9.02. The lowest BCUT2D eigenvalue weighted by Gasteiger charge is -2.18. The largest absolute Gasteiger partial charge is 0.307 e. The number of benzene rings is 2. The van der Waals surface area contributed by atoms with E-state index < -0.39 is 0 Å². The Labute approximate surface area is 95.0 Å². The smallest absolute Gasteiger partial charge is 0.0731 e. The highest BCUT2D eigenvalue weighted by Gasteiger charge is 2.03. The fourth-order valence-corrected chi connectivity index (χ4v) is 1.69. The van der Waals surface area contributed by atoms with Gasteiger partial charge in [-0.05, 0) is 24.3 Å². The third-order valence-electron chi connectivity index (χ3n) is 2.17. The number of rotatable bonds is 3. The van der Waals surface area contributed by atoms with Crippen molar-refractivity contribution in [3.05, 3.63) is 60.7 Å². The molecule has 0 saturated heterocycles. The predicted octanol–water partition coefficient (Wildman–Crippen LogP) is 3.78. The van der Waals surface area contributed by atoms with Gasteiger partial charge in [-0.15, -0.1) is 0 Å². The second-order valence-corrected chi connectivity index (χ2v) is 3.36. The van der Waals surface area contributed by atoms with Crippen LogP contribution in [0.2, 0.25) is 0 Å². The molecule has 0 saturated carbocycles. The van der Waals surface area contributed by atoms with Crippen LogP contribution in [-0.4, -0.2) is 5.49 Å². The Hall–Kier alpha value is -1.67.